The zero-order chi connectivity index (χ0) is 23.0. The molecule has 10 nitrogen and oxygen atoms in total. The van der Waals surface area contributed by atoms with Crippen molar-refractivity contribution >= 4 is 29.2 Å². The molecule has 162 valence electrons. The van der Waals surface area contributed by atoms with E-state index in [4.69, 9.17) is 33.0 Å². The van der Waals surface area contributed by atoms with E-state index >= 15 is 0 Å². The van der Waals surface area contributed by atoms with Crippen molar-refractivity contribution in [1.29, 1.82) is 0 Å². The molecule has 1 aromatic carbocycles. The Labute approximate surface area is 184 Å². The average molecular weight is 467 g/mol. The van der Waals surface area contributed by atoms with E-state index in [0.29, 0.717) is 21.6 Å². The molecule has 0 aliphatic rings. The van der Waals surface area contributed by atoms with Crippen LogP contribution in [0.3, 0.4) is 0 Å². The molecule has 3 N–H and O–H groups in total. The maximum absolute atomic E-state index is 12.1. The van der Waals surface area contributed by atoms with E-state index in [1.807, 2.05) is 18.8 Å². The van der Waals surface area contributed by atoms with Gasteiger partial charge >= 0.3 is 11.7 Å². The number of pyridine rings is 1. The lowest BCUT2D eigenvalue weighted by Gasteiger charge is -2.16. The van der Waals surface area contributed by atoms with Gasteiger partial charge < -0.3 is 14.8 Å². The van der Waals surface area contributed by atoms with Crippen LogP contribution in [0.5, 0.6) is 11.5 Å². The molecule has 0 saturated carbocycles. The second-order valence-corrected chi connectivity index (χ2v) is 7.66. The van der Waals surface area contributed by atoms with Crippen LogP contribution in [0.25, 0.3) is 5.69 Å². The minimum absolute atomic E-state index is 0.00663. The van der Waals surface area contributed by atoms with Crippen LogP contribution >= 0.6 is 23.2 Å². The first-order valence-corrected chi connectivity index (χ1v) is 9.63. The number of halogens is 2. The van der Waals surface area contributed by atoms with E-state index in [2.05, 4.69) is 10.1 Å². The highest BCUT2D eigenvalue weighted by Crippen LogP contribution is 2.39. The summed E-state index contributed by atoms with van der Waals surface area (Å²) in [6, 6.07) is 2.54. The third-order valence-corrected chi connectivity index (χ3v) is 4.96. The molecule has 0 amide bonds. The van der Waals surface area contributed by atoms with Crippen molar-refractivity contribution in [2.24, 2.45) is 0 Å². The van der Waals surface area contributed by atoms with Gasteiger partial charge in [-0.2, -0.15) is 9.78 Å². The van der Waals surface area contributed by atoms with Gasteiger partial charge in [-0.05, 0) is 25.0 Å². The van der Waals surface area contributed by atoms with Crippen LogP contribution in [0.4, 0.5) is 0 Å². The second-order valence-electron chi connectivity index (χ2n) is 6.84. The summed E-state index contributed by atoms with van der Waals surface area (Å²) in [4.78, 5) is 51.4. The normalized spacial score (nSPS) is 11.0. The Morgan fingerprint density at radius 3 is 2.32 bits per heavy atom. The molecule has 0 aliphatic heterocycles. The lowest BCUT2D eigenvalue weighted by Crippen LogP contribution is -2.35. The predicted octanol–water partition coefficient (Wildman–Crippen LogP) is 2.84. The first-order chi connectivity index (χ1) is 14.5. The summed E-state index contributed by atoms with van der Waals surface area (Å²) in [5, 5.41) is 12.6. The molecule has 12 heteroatoms. The monoisotopic (exact) mass is 466 g/mol. The molecule has 0 unspecified atom stereocenters. The van der Waals surface area contributed by atoms with Crippen LogP contribution in [0.15, 0.2) is 32.7 Å². The quantitative estimate of drug-likeness (QED) is 0.523. The fraction of sp³-hybridized carbons (Fsp3) is 0.211. The van der Waals surface area contributed by atoms with Crippen molar-refractivity contribution in [3.63, 3.8) is 0 Å². The Morgan fingerprint density at radius 1 is 1.16 bits per heavy atom. The molecule has 0 spiro atoms. The van der Waals surface area contributed by atoms with Gasteiger partial charge in [0, 0.05) is 17.3 Å². The number of aromatic nitrogens is 4. The lowest BCUT2D eigenvalue weighted by atomic mass is 10.00. The van der Waals surface area contributed by atoms with Gasteiger partial charge in [0.1, 0.15) is 5.75 Å². The minimum Gasteiger partial charge on any atom is -0.476 e. The van der Waals surface area contributed by atoms with E-state index in [9.17, 15) is 19.2 Å². The molecule has 2 aromatic heterocycles. The third kappa shape index (κ3) is 4.25. The molecule has 0 atom stereocenters. The van der Waals surface area contributed by atoms with Crippen molar-refractivity contribution in [1.82, 2.24) is 19.7 Å². The van der Waals surface area contributed by atoms with Gasteiger partial charge in [0.05, 0.1) is 15.7 Å². The van der Waals surface area contributed by atoms with E-state index in [0.717, 1.165) is 0 Å². The Kier molecular flexibility index (Phi) is 6.05. The molecule has 0 fully saturated rings. The first kappa shape index (κ1) is 22.3. The predicted molar refractivity (Wildman–Crippen MR) is 113 cm³/mol. The Hall–Kier alpha value is -3.37. The number of benzene rings is 1. The molecule has 2 heterocycles. The first-order valence-electron chi connectivity index (χ1n) is 8.87. The summed E-state index contributed by atoms with van der Waals surface area (Å²) in [6.45, 7) is 5.47. The molecule has 31 heavy (non-hydrogen) atoms. The molecule has 3 aromatic rings. The number of carboxylic acid groups (broad SMARTS) is 1. The second kappa shape index (κ2) is 8.40. The lowest BCUT2D eigenvalue weighted by molar-refractivity contribution is 0.0685. The van der Waals surface area contributed by atoms with Crippen LogP contribution in [0.1, 0.15) is 41.4 Å². The summed E-state index contributed by atoms with van der Waals surface area (Å²) in [6.07, 6.45) is 1.39. The third-order valence-electron chi connectivity index (χ3n) is 4.40. The van der Waals surface area contributed by atoms with Crippen molar-refractivity contribution in [2.45, 2.75) is 26.7 Å². The summed E-state index contributed by atoms with van der Waals surface area (Å²) < 4.78 is 6.47. The smallest absolute Gasteiger partial charge is 0.362 e. The SMILES string of the molecule is Cc1c(Oc2c(Cl)cc(-n3nc(C(=O)O)c(=O)[nH]c3=O)cc2Cl)c[nH]c(=O)c1C(C)C. The summed E-state index contributed by atoms with van der Waals surface area (Å²) in [7, 11) is 0. The molecular weight excluding hydrogens is 451 g/mol. The number of H-pyrrole nitrogens is 2. The number of rotatable bonds is 5. The average Bonchev–Trinajstić information content (AvgIpc) is 2.65. The molecule has 3 rings (SSSR count). The Balaban J connectivity index is 2.10. The van der Waals surface area contributed by atoms with Crippen molar-refractivity contribution in [3.05, 3.63) is 76.4 Å². The number of carbonyl (C=O) groups is 1. The van der Waals surface area contributed by atoms with Crippen LogP contribution in [0, 0.1) is 6.92 Å². The maximum Gasteiger partial charge on any atom is 0.362 e. The highest BCUT2D eigenvalue weighted by molar-refractivity contribution is 6.37. The van der Waals surface area contributed by atoms with Crippen LogP contribution < -0.4 is 21.5 Å². The van der Waals surface area contributed by atoms with Gasteiger partial charge in [0.2, 0.25) is 5.69 Å². The summed E-state index contributed by atoms with van der Waals surface area (Å²) >= 11 is 12.6. The number of carboxylic acids is 1. The highest BCUT2D eigenvalue weighted by atomic mass is 35.5. The minimum atomic E-state index is -1.61. The molecular formula is C19H16Cl2N4O6. The van der Waals surface area contributed by atoms with Gasteiger partial charge in [-0.1, -0.05) is 37.0 Å². The number of aromatic carboxylic acids is 1. The Bertz CT molecular complexity index is 1350. The van der Waals surface area contributed by atoms with Gasteiger partial charge in [0.25, 0.3) is 11.1 Å². The number of aromatic amines is 2. The standard InChI is InChI=1S/C19H16Cl2N4O6/c1-7(2)13-8(3)12(6-22-16(13)26)31-15-10(20)4-9(5-11(15)21)25-19(30)23-17(27)14(24-25)18(28)29/h4-7H,1-3H3,(H,22,26)(H,28,29)(H,23,27,30). The zero-order valence-corrected chi connectivity index (χ0v) is 18.0. The van der Waals surface area contributed by atoms with Crippen molar-refractivity contribution in [2.75, 3.05) is 0 Å². The highest BCUT2D eigenvalue weighted by Gasteiger charge is 2.19. The van der Waals surface area contributed by atoms with Gasteiger partial charge in [-0.3, -0.25) is 14.6 Å². The molecule has 0 saturated heterocycles. The summed E-state index contributed by atoms with van der Waals surface area (Å²) in [5.74, 6) is -1.29. The van der Waals surface area contributed by atoms with Crippen LogP contribution in [0.2, 0.25) is 10.0 Å². The topological polar surface area (TPSA) is 147 Å². The maximum atomic E-state index is 12.1. The van der Waals surface area contributed by atoms with E-state index in [-0.39, 0.29) is 33.0 Å². The van der Waals surface area contributed by atoms with E-state index < -0.39 is 22.9 Å². The van der Waals surface area contributed by atoms with E-state index in [1.165, 1.54) is 18.3 Å². The summed E-state index contributed by atoms with van der Waals surface area (Å²) in [5.41, 5.74) is -2.06. The van der Waals surface area contributed by atoms with Gasteiger partial charge in [-0.25, -0.2) is 9.59 Å². The molecule has 0 radical (unpaired) electrons. The van der Waals surface area contributed by atoms with Crippen molar-refractivity contribution in [3.8, 4) is 17.2 Å². The number of nitrogens with one attached hydrogen (secondary N) is 2. The van der Waals surface area contributed by atoms with Crippen LogP contribution in [-0.4, -0.2) is 30.8 Å². The van der Waals surface area contributed by atoms with E-state index in [1.54, 1.807) is 6.92 Å². The molecule has 0 aliphatic carbocycles. The number of nitrogens with zero attached hydrogens (tertiary/aromatic N) is 2. The number of ether oxygens (including phenoxy) is 1. The van der Waals surface area contributed by atoms with Gasteiger partial charge in [0.15, 0.2) is 5.75 Å². The zero-order valence-electron chi connectivity index (χ0n) is 16.4. The fourth-order valence-corrected chi connectivity index (χ4v) is 3.57. The Morgan fingerprint density at radius 2 is 1.77 bits per heavy atom. The fourth-order valence-electron chi connectivity index (χ4n) is 3.01. The van der Waals surface area contributed by atoms with Gasteiger partial charge in [-0.15, -0.1) is 0 Å². The number of hydrogen-bond donors (Lipinski definition) is 3. The largest absolute Gasteiger partial charge is 0.476 e. The van der Waals surface area contributed by atoms with Crippen LogP contribution in [-0.2, 0) is 0 Å². The van der Waals surface area contributed by atoms with Crippen molar-refractivity contribution < 1.29 is 14.6 Å². The molecule has 0 bridgehead atoms. The number of hydrogen-bond acceptors (Lipinski definition) is 6.